The second-order valence-corrected chi connectivity index (χ2v) is 6.48. The van der Waals surface area contributed by atoms with E-state index in [1.807, 2.05) is 30.3 Å². The number of rotatable bonds is 13. The summed E-state index contributed by atoms with van der Waals surface area (Å²) in [7, 11) is 0. The van der Waals surface area contributed by atoms with Gasteiger partial charge in [0.2, 0.25) is 5.91 Å². The van der Waals surface area contributed by atoms with Crippen LogP contribution in [0.25, 0.3) is 0 Å². The summed E-state index contributed by atoms with van der Waals surface area (Å²) in [5.41, 5.74) is 6.97. The van der Waals surface area contributed by atoms with Crippen molar-refractivity contribution in [2.24, 2.45) is 5.73 Å². The molecule has 1 aromatic rings. The summed E-state index contributed by atoms with van der Waals surface area (Å²) in [4.78, 5) is 11.9. The summed E-state index contributed by atoms with van der Waals surface area (Å²) in [6.07, 6.45) is 12.9. The number of nitrogens with one attached hydrogen (secondary N) is 1. The fraction of sp³-hybridized carbons (Fsp3) is 0.650. The molecule has 0 spiro atoms. The molecular weight excluding hydrogens is 284 g/mol. The molecule has 0 saturated carbocycles. The zero-order valence-electron chi connectivity index (χ0n) is 14.7. The van der Waals surface area contributed by atoms with E-state index in [0.717, 1.165) is 18.5 Å². The first kappa shape index (κ1) is 19.7. The lowest BCUT2D eigenvalue weighted by molar-refractivity contribution is -0.116. The van der Waals surface area contributed by atoms with E-state index in [0.29, 0.717) is 6.42 Å². The van der Waals surface area contributed by atoms with Gasteiger partial charge in [0.05, 0.1) is 0 Å². The van der Waals surface area contributed by atoms with Crippen molar-refractivity contribution in [3.8, 4) is 0 Å². The summed E-state index contributed by atoms with van der Waals surface area (Å²) >= 11 is 0. The predicted molar refractivity (Wildman–Crippen MR) is 99.5 cm³/mol. The van der Waals surface area contributed by atoms with Gasteiger partial charge in [-0.1, -0.05) is 76.5 Å². The average Bonchev–Trinajstić information content (AvgIpc) is 2.56. The van der Waals surface area contributed by atoms with Crippen LogP contribution in [0, 0.1) is 0 Å². The molecule has 0 bridgehead atoms. The van der Waals surface area contributed by atoms with Crippen LogP contribution in [0.5, 0.6) is 0 Å². The first-order valence-corrected chi connectivity index (χ1v) is 9.33. The van der Waals surface area contributed by atoms with Gasteiger partial charge in [-0.2, -0.15) is 0 Å². The van der Waals surface area contributed by atoms with Crippen LogP contribution in [0.4, 0.5) is 5.69 Å². The van der Waals surface area contributed by atoms with Gasteiger partial charge >= 0.3 is 0 Å². The molecule has 23 heavy (non-hydrogen) atoms. The number of hydrogen-bond acceptors (Lipinski definition) is 2. The lowest BCUT2D eigenvalue weighted by Crippen LogP contribution is -2.22. The maximum atomic E-state index is 11.9. The van der Waals surface area contributed by atoms with Crippen molar-refractivity contribution in [3.63, 3.8) is 0 Å². The monoisotopic (exact) mass is 318 g/mol. The van der Waals surface area contributed by atoms with Gasteiger partial charge in [0.25, 0.3) is 0 Å². The van der Waals surface area contributed by atoms with Gasteiger partial charge < -0.3 is 11.1 Å². The fourth-order valence-electron chi connectivity index (χ4n) is 2.75. The lowest BCUT2D eigenvalue weighted by atomic mass is 10.0. The minimum atomic E-state index is 0.0579. The van der Waals surface area contributed by atoms with Crippen LogP contribution in [0.15, 0.2) is 30.3 Å². The number of hydrogen-bond donors (Lipinski definition) is 2. The van der Waals surface area contributed by atoms with Gasteiger partial charge in [-0.3, -0.25) is 4.79 Å². The van der Waals surface area contributed by atoms with Crippen molar-refractivity contribution in [2.45, 2.75) is 83.6 Å². The third kappa shape index (κ3) is 10.9. The Morgan fingerprint density at radius 1 is 0.957 bits per heavy atom. The molecule has 0 saturated heterocycles. The zero-order valence-corrected chi connectivity index (χ0v) is 14.7. The molecule has 3 N–H and O–H groups in total. The number of benzene rings is 1. The van der Waals surface area contributed by atoms with Gasteiger partial charge in [0, 0.05) is 18.2 Å². The Labute approximate surface area is 142 Å². The molecular formula is C20H34N2O. The van der Waals surface area contributed by atoms with Crippen LogP contribution < -0.4 is 11.1 Å². The molecule has 130 valence electrons. The summed E-state index contributed by atoms with van der Waals surface area (Å²) in [5, 5.41) is 2.90. The van der Waals surface area contributed by atoms with Gasteiger partial charge in [0.15, 0.2) is 0 Å². The molecule has 1 amide bonds. The molecule has 3 heteroatoms. The van der Waals surface area contributed by atoms with Crippen molar-refractivity contribution in [2.75, 3.05) is 5.32 Å². The van der Waals surface area contributed by atoms with E-state index >= 15 is 0 Å². The Kier molecular flexibility index (Phi) is 11.2. The minimum absolute atomic E-state index is 0.0579. The van der Waals surface area contributed by atoms with Crippen molar-refractivity contribution in [1.82, 2.24) is 0 Å². The molecule has 0 aromatic heterocycles. The van der Waals surface area contributed by atoms with E-state index < -0.39 is 0 Å². The summed E-state index contributed by atoms with van der Waals surface area (Å²) in [6, 6.07) is 9.73. The summed E-state index contributed by atoms with van der Waals surface area (Å²) < 4.78 is 0. The van der Waals surface area contributed by atoms with Gasteiger partial charge in [-0.25, -0.2) is 0 Å². The SMILES string of the molecule is CCCCCCCCCCC(N)CCC(=O)Nc1ccccc1. The number of nitrogens with two attached hydrogens (primary N) is 1. The Balaban J connectivity index is 1.97. The maximum absolute atomic E-state index is 11.9. The Morgan fingerprint density at radius 2 is 1.57 bits per heavy atom. The van der Waals surface area contributed by atoms with E-state index in [9.17, 15) is 4.79 Å². The highest BCUT2D eigenvalue weighted by Crippen LogP contribution is 2.12. The third-order valence-electron chi connectivity index (χ3n) is 4.23. The number of amides is 1. The molecule has 1 unspecified atom stereocenters. The second kappa shape index (κ2) is 13.1. The van der Waals surface area contributed by atoms with Crippen molar-refractivity contribution in [1.29, 1.82) is 0 Å². The molecule has 0 fully saturated rings. The standard InChI is InChI=1S/C20H34N2O/c1-2-3-4-5-6-7-8-10-13-18(21)16-17-20(23)22-19-14-11-9-12-15-19/h9,11-12,14-15,18H,2-8,10,13,16-17,21H2,1H3,(H,22,23). The molecule has 0 aliphatic heterocycles. The van der Waals surface area contributed by atoms with Crippen molar-refractivity contribution < 1.29 is 4.79 Å². The molecule has 1 atom stereocenters. The van der Waals surface area contributed by atoms with Crippen LogP contribution in [0.3, 0.4) is 0 Å². The van der Waals surface area contributed by atoms with Gasteiger partial charge in [-0.05, 0) is 25.0 Å². The largest absolute Gasteiger partial charge is 0.328 e. The topological polar surface area (TPSA) is 55.1 Å². The van der Waals surface area contributed by atoms with Crippen molar-refractivity contribution >= 4 is 11.6 Å². The van der Waals surface area contributed by atoms with Crippen LogP contribution in [0.2, 0.25) is 0 Å². The molecule has 1 aromatic carbocycles. The van der Waals surface area contributed by atoms with Crippen molar-refractivity contribution in [3.05, 3.63) is 30.3 Å². The predicted octanol–water partition coefficient (Wildman–Crippen LogP) is 5.26. The van der Waals surface area contributed by atoms with E-state index in [1.54, 1.807) is 0 Å². The molecule has 3 nitrogen and oxygen atoms in total. The minimum Gasteiger partial charge on any atom is -0.328 e. The van der Waals surface area contributed by atoms with E-state index in [2.05, 4.69) is 12.2 Å². The Morgan fingerprint density at radius 3 is 2.22 bits per heavy atom. The third-order valence-corrected chi connectivity index (χ3v) is 4.23. The van der Waals surface area contributed by atoms with Gasteiger partial charge in [0.1, 0.15) is 0 Å². The van der Waals surface area contributed by atoms with E-state index in [1.165, 1.54) is 51.4 Å². The first-order valence-electron chi connectivity index (χ1n) is 9.33. The van der Waals surface area contributed by atoms with Gasteiger partial charge in [-0.15, -0.1) is 0 Å². The van der Waals surface area contributed by atoms with Crippen LogP contribution in [0.1, 0.15) is 77.6 Å². The number of carbonyl (C=O) groups excluding carboxylic acids is 1. The van der Waals surface area contributed by atoms with E-state index in [-0.39, 0.29) is 11.9 Å². The highest BCUT2D eigenvalue weighted by Gasteiger charge is 2.07. The molecule has 1 rings (SSSR count). The quantitative estimate of drug-likeness (QED) is 0.487. The number of anilines is 1. The number of para-hydroxylation sites is 1. The number of unbranched alkanes of at least 4 members (excludes halogenated alkanes) is 7. The van der Waals surface area contributed by atoms with Crippen LogP contribution >= 0.6 is 0 Å². The van der Waals surface area contributed by atoms with Crippen LogP contribution in [-0.2, 0) is 4.79 Å². The summed E-state index contributed by atoms with van der Waals surface area (Å²) in [6.45, 7) is 2.25. The molecule has 0 aliphatic carbocycles. The summed E-state index contributed by atoms with van der Waals surface area (Å²) in [5.74, 6) is 0.0579. The normalized spacial score (nSPS) is 12.1. The highest BCUT2D eigenvalue weighted by molar-refractivity contribution is 5.90. The Hall–Kier alpha value is -1.35. The molecule has 0 heterocycles. The van der Waals surface area contributed by atoms with E-state index in [4.69, 9.17) is 5.73 Å². The fourth-order valence-corrected chi connectivity index (χ4v) is 2.75. The first-order chi connectivity index (χ1) is 11.2. The lowest BCUT2D eigenvalue weighted by Gasteiger charge is -2.11. The maximum Gasteiger partial charge on any atom is 0.224 e. The second-order valence-electron chi connectivity index (χ2n) is 6.48. The number of carbonyl (C=O) groups is 1. The zero-order chi connectivity index (χ0) is 16.8. The Bertz CT molecular complexity index is 405. The average molecular weight is 319 g/mol. The smallest absolute Gasteiger partial charge is 0.224 e. The molecule has 0 aliphatic rings. The highest BCUT2D eigenvalue weighted by atomic mass is 16.1. The van der Waals surface area contributed by atoms with Crippen LogP contribution in [-0.4, -0.2) is 11.9 Å². The molecule has 0 radical (unpaired) electrons.